The summed E-state index contributed by atoms with van der Waals surface area (Å²) in [5, 5.41) is 0.893. The summed E-state index contributed by atoms with van der Waals surface area (Å²) >= 11 is 12.3. The van der Waals surface area contributed by atoms with Crippen molar-refractivity contribution in [2.24, 2.45) is 11.1 Å². The molecule has 0 saturated carbocycles. The van der Waals surface area contributed by atoms with Crippen molar-refractivity contribution in [2.75, 3.05) is 13.7 Å². The van der Waals surface area contributed by atoms with Crippen LogP contribution in [0, 0.1) is 5.41 Å². The minimum absolute atomic E-state index is 0.281. The van der Waals surface area contributed by atoms with Crippen LogP contribution in [0.3, 0.4) is 0 Å². The summed E-state index contributed by atoms with van der Waals surface area (Å²) in [4.78, 5) is 11.9. The molecule has 0 fully saturated rings. The number of carbonyl (C=O) groups is 1. The maximum absolute atomic E-state index is 11.9. The number of nitrogens with two attached hydrogens (primary N) is 1. The van der Waals surface area contributed by atoms with Gasteiger partial charge in [-0.15, -0.1) is 0 Å². The van der Waals surface area contributed by atoms with Gasteiger partial charge >= 0.3 is 5.97 Å². The molecule has 0 heterocycles. The average molecular weight is 334 g/mol. The number of ether oxygens (including phenoxy) is 2. The van der Waals surface area contributed by atoms with Crippen molar-refractivity contribution in [2.45, 2.75) is 33.2 Å². The third-order valence-corrected chi connectivity index (χ3v) is 3.85. The van der Waals surface area contributed by atoms with Gasteiger partial charge in [-0.25, -0.2) is 0 Å². The molecule has 1 rings (SSSR count). The van der Waals surface area contributed by atoms with E-state index in [1.807, 2.05) is 0 Å². The first-order chi connectivity index (χ1) is 9.72. The highest BCUT2D eigenvalue weighted by Gasteiger charge is 2.32. The van der Waals surface area contributed by atoms with Gasteiger partial charge in [0.15, 0.2) is 0 Å². The molecule has 0 spiro atoms. The number of rotatable bonds is 6. The lowest BCUT2D eigenvalue weighted by atomic mass is 9.84. The number of methoxy groups -OCH3 is 1. The molecular weight excluding hydrogens is 313 g/mol. The topological polar surface area (TPSA) is 61.5 Å². The fourth-order valence-corrected chi connectivity index (χ4v) is 2.60. The molecule has 1 aromatic rings. The quantitative estimate of drug-likeness (QED) is 0.799. The van der Waals surface area contributed by atoms with Gasteiger partial charge in [0, 0.05) is 17.1 Å². The van der Waals surface area contributed by atoms with Gasteiger partial charge in [0.05, 0.1) is 24.2 Å². The molecule has 1 atom stereocenters. The van der Waals surface area contributed by atoms with Crippen molar-refractivity contribution in [3.05, 3.63) is 27.7 Å². The second kappa shape index (κ2) is 7.34. The van der Waals surface area contributed by atoms with Crippen molar-refractivity contribution in [3.63, 3.8) is 0 Å². The first-order valence-electron chi connectivity index (χ1n) is 6.68. The van der Waals surface area contributed by atoms with Crippen molar-refractivity contribution in [1.29, 1.82) is 0 Å². The third kappa shape index (κ3) is 4.50. The first-order valence-corrected chi connectivity index (χ1v) is 7.44. The zero-order valence-electron chi connectivity index (χ0n) is 12.7. The van der Waals surface area contributed by atoms with Gasteiger partial charge in [0.1, 0.15) is 5.75 Å². The van der Waals surface area contributed by atoms with Gasteiger partial charge < -0.3 is 15.2 Å². The molecule has 0 aromatic heterocycles. The summed E-state index contributed by atoms with van der Waals surface area (Å²) < 4.78 is 10.2. The van der Waals surface area contributed by atoms with Crippen LogP contribution in [0.4, 0.5) is 0 Å². The Morgan fingerprint density at radius 3 is 2.48 bits per heavy atom. The lowest BCUT2D eigenvalue weighted by Gasteiger charge is -2.26. The summed E-state index contributed by atoms with van der Waals surface area (Å²) in [6.45, 7) is 5.70. The number of benzene rings is 1. The van der Waals surface area contributed by atoms with Crippen LogP contribution >= 0.6 is 23.2 Å². The Bertz CT molecular complexity index is 518. The van der Waals surface area contributed by atoms with Crippen LogP contribution in [0.1, 0.15) is 38.8 Å². The molecule has 1 aromatic carbocycles. The normalized spacial score (nSPS) is 12.9. The smallest absolute Gasteiger partial charge is 0.311 e. The molecule has 0 bridgehead atoms. The van der Waals surface area contributed by atoms with E-state index in [2.05, 4.69) is 0 Å². The largest absolute Gasteiger partial charge is 0.495 e. The molecular formula is C15H21Cl2NO3. The number of hydrogen-bond acceptors (Lipinski definition) is 4. The molecule has 21 heavy (non-hydrogen) atoms. The van der Waals surface area contributed by atoms with Crippen LogP contribution < -0.4 is 10.5 Å². The highest BCUT2D eigenvalue weighted by molar-refractivity contribution is 6.34. The zero-order valence-corrected chi connectivity index (χ0v) is 14.2. The molecule has 0 radical (unpaired) electrons. The van der Waals surface area contributed by atoms with E-state index >= 15 is 0 Å². The SMILES string of the molecule is CCOC(=O)C(C)(C)CC(N)c1cc(Cl)c(OC)cc1Cl. The first kappa shape index (κ1) is 18.1. The average Bonchev–Trinajstić information content (AvgIpc) is 2.40. The van der Waals surface area contributed by atoms with Crippen molar-refractivity contribution >= 4 is 29.2 Å². The van der Waals surface area contributed by atoms with Crippen LogP contribution in [-0.4, -0.2) is 19.7 Å². The van der Waals surface area contributed by atoms with Gasteiger partial charge in [-0.05, 0) is 38.8 Å². The second-order valence-electron chi connectivity index (χ2n) is 5.42. The van der Waals surface area contributed by atoms with Crippen LogP contribution in [0.15, 0.2) is 12.1 Å². The Hall–Kier alpha value is -0.970. The predicted molar refractivity (Wildman–Crippen MR) is 85.0 cm³/mol. The highest BCUT2D eigenvalue weighted by atomic mass is 35.5. The monoisotopic (exact) mass is 333 g/mol. The molecule has 0 aliphatic heterocycles. The van der Waals surface area contributed by atoms with E-state index in [1.54, 1.807) is 32.9 Å². The molecule has 0 aliphatic rings. The Balaban J connectivity index is 2.96. The van der Waals surface area contributed by atoms with Gasteiger partial charge in [0.2, 0.25) is 0 Å². The Morgan fingerprint density at radius 1 is 1.33 bits per heavy atom. The van der Waals surface area contributed by atoms with Crippen molar-refractivity contribution in [1.82, 2.24) is 0 Å². The van der Waals surface area contributed by atoms with Crippen molar-refractivity contribution in [3.8, 4) is 5.75 Å². The Kier molecular flexibility index (Phi) is 6.32. The number of halogens is 2. The second-order valence-corrected chi connectivity index (χ2v) is 6.24. The minimum atomic E-state index is -0.703. The molecule has 6 heteroatoms. The zero-order chi connectivity index (χ0) is 16.2. The fourth-order valence-electron chi connectivity index (χ4n) is 2.05. The van der Waals surface area contributed by atoms with E-state index in [-0.39, 0.29) is 5.97 Å². The lowest BCUT2D eigenvalue weighted by Crippen LogP contribution is -2.31. The van der Waals surface area contributed by atoms with Gasteiger partial charge in [0.25, 0.3) is 0 Å². The van der Waals surface area contributed by atoms with Crippen LogP contribution in [-0.2, 0) is 9.53 Å². The molecule has 0 saturated heterocycles. The highest BCUT2D eigenvalue weighted by Crippen LogP contribution is 2.37. The van der Waals surface area contributed by atoms with Gasteiger partial charge in [-0.1, -0.05) is 23.2 Å². The van der Waals surface area contributed by atoms with E-state index in [4.69, 9.17) is 38.4 Å². The summed E-state index contributed by atoms with van der Waals surface area (Å²) in [5.41, 5.74) is 6.16. The maximum atomic E-state index is 11.9. The molecule has 4 nitrogen and oxygen atoms in total. The number of hydrogen-bond donors (Lipinski definition) is 1. The molecule has 2 N–H and O–H groups in total. The predicted octanol–water partition coefficient (Wildman–Crippen LogP) is 3.98. The standard InChI is InChI=1S/C15H21Cl2NO3/c1-5-21-14(19)15(2,3)8-12(18)9-6-11(17)13(20-4)7-10(9)16/h6-7,12H,5,8,18H2,1-4H3. The van der Waals surface area contributed by atoms with Crippen LogP contribution in [0.2, 0.25) is 10.0 Å². The van der Waals surface area contributed by atoms with E-state index in [1.165, 1.54) is 7.11 Å². The fraction of sp³-hybridized carbons (Fsp3) is 0.533. The minimum Gasteiger partial charge on any atom is -0.495 e. The van der Waals surface area contributed by atoms with E-state index in [0.717, 1.165) is 0 Å². The number of esters is 1. The van der Waals surface area contributed by atoms with Crippen LogP contribution in [0.25, 0.3) is 0 Å². The van der Waals surface area contributed by atoms with Crippen molar-refractivity contribution < 1.29 is 14.3 Å². The van der Waals surface area contributed by atoms with Gasteiger partial charge in [-0.3, -0.25) is 4.79 Å². The Morgan fingerprint density at radius 2 is 1.95 bits per heavy atom. The third-order valence-electron chi connectivity index (χ3n) is 3.23. The van der Waals surface area contributed by atoms with E-state index in [9.17, 15) is 4.79 Å². The van der Waals surface area contributed by atoms with Gasteiger partial charge in [-0.2, -0.15) is 0 Å². The summed E-state index contributed by atoms with van der Waals surface area (Å²) in [6, 6.07) is 2.87. The maximum Gasteiger partial charge on any atom is 0.311 e. The van der Waals surface area contributed by atoms with Crippen LogP contribution in [0.5, 0.6) is 5.75 Å². The van der Waals surface area contributed by atoms with E-state index in [0.29, 0.717) is 34.4 Å². The lowest BCUT2D eigenvalue weighted by molar-refractivity contribution is -0.154. The molecule has 0 aliphatic carbocycles. The van der Waals surface area contributed by atoms with E-state index < -0.39 is 11.5 Å². The molecule has 1 unspecified atom stereocenters. The molecule has 118 valence electrons. The number of carbonyl (C=O) groups excluding carboxylic acids is 1. The Labute approximate surface area is 135 Å². The summed E-state index contributed by atoms with van der Waals surface area (Å²) in [5.74, 6) is 0.207. The summed E-state index contributed by atoms with van der Waals surface area (Å²) in [7, 11) is 1.51. The summed E-state index contributed by atoms with van der Waals surface area (Å²) in [6.07, 6.45) is 0.397. The molecule has 0 amide bonds.